The van der Waals surface area contributed by atoms with Crippen LogP contribution in [0.4, 0.5) is 10.5 Å². The van der Waals surface area contributed by atoms with Crippen molar-refractivity contribution < 1.29 is 9.53 Å². The maximum Gasteiger partial charge on any atom is 0.411 e. The summed E-state index contributed by atoms with van der Waals surface area (Å²) in [6, 6.07) is 4.92. The van der Waals surface area contributed by atoms with Gasteiger partial charge >= 0.3 is 6.09 Å². The first-order chi connectivity index (χ1) is 9.06. The highest BCUT2D eigenvalue weighted by molar-refractivity contribution is 6.36. The second-order valence-corrected chi connectivity index (χ2v) is 5.80. The highest BCUT2D eigenvalue weighted by Gasteiger charge is 2.24. The van der Waals surface area contributed by atoms with Crippen LogP contribution in [0.2, 0.25) is 10.0 Å². The van der Waals surface area contributed by atoms with Crippen LogP contribution in [0.25, 0.3) is 0 Å². The SMILES string of the molecule is CC1CCCCC1OC(=O)Nc1ccc(Cl)cc1Cl. The number of benzene rings is 1. The molecule has 0 heterocycles. The Hall–Kier alpha value is -0.930. The smallest absolute Gasteiger partial charge is 0.411 e. The van der Waals surface area contributed by atoms with Gasteiger partial charge in [0.15, 0.2) is 0 Å². The average molecular weight is 302 g/mol. The van der Waals surface area contributed by atoms with Crippen molar-refractivity contribution in [2.75, 3.05) is 5.32 Å². The molecule has 3 nitrogen and oxygen atoms in total. The summed E-state index contributed by atoms with van der Waals surface area (Å²) >= 11 is 11.8. The van der Waals surface area contributed by atoms with E-state index in [-0.39, 0.29) is 6.10 Å². The number of ether oxygens (including phenoxy) is 1. The van der Waals surface area contributed by atoms with E-state index in [4.69, 9.17) is 27.9 Å². The Kier molecular flexibility index (Phi) is 4.94. The van der Waals surface area contributed by atoms with Gasteiger partial charge in [0.25, 0.3) is 0 Å². The van der Waals surface area contributed by atoms with Crippen molar-refractivity contribution in [3.8, 4) is 0 Å². The molecule has 1 aliphatic carbocycles. The van der Waals surface area contributed by atoms with Crippen LogP contribution in [0.15, 0.2) is 18.2 Å². The predicted molar refractivity (Wildman–Crippen MR) is 78.0 cm³/mol. The summed E-state index contributed by atoms with van der Waals surface area (Å²) in [7, 11) is 0. The minimum absolute atomic E-state index is 0.000161. The first-order valence-corrected chi connectivity index (χ1v) is 7.24. The molecule has 19 heavy (non-hydrogen) atoms. The van der Waals surface area contributed by atoms with Gasteiger partial charge in [-0.05, 0) is 43.4 Å². The molecule has 1 aromatic carbocycles. The van der Waals surface area contributed by atoms with Crippen molar-refractivity contribution >= 4 is 35.0 Å². The number of carbonyl (C=O) groups is 1. The molecule has 1 aromatic rings. The molecule has 0 radical (unpaired) electrons. The molecule has 0 saturated heterocycles. The molecule has 0 aromatic heterocycles. The quantitative estimate of drug-likeness (QED) is 0.823. The monoisotopic (exact) mass is 301 g/mol. The van der Waals surface area contributed by atoms with Crippen molar-refractivity contribution in [1.29, 1.82) is 0 Å². The first kappa shape index (κ1) is 14.5. The number of hydrogen-bond acceptors (Lipinski definition) is 2. The van der Waals surface area contributed by atoms with Gasteiger partial charge in [-0.25, -0.2) is 4.79 Å². The van der Waals surface area contributed by atoms with Crippen LogP contribution in [0.1, 0.15) is 32.6 Å². The van der Waals surface area contributed by atoms with Gasteiger partial charge in [-0.2, -0.15) is 0 Å². The molecular formula is C14H17Cl2NO2. The highest BCUT2D eigenvalue weighted by Crippen LogP contribution is 2.28. The zero-order valence-electron chi connectivity index (χ0n) is 10.8. The Morgan fingerprint density at radius 3 is 2.74 bits per heavy atom. The lowest BCUT2D eigenvalue weighted by Gasteiger charge is -2.28. The summed E-state index contributed by atoms with van der Waals surface area (Å²) in [5.41, 5.74) is 0.513. The second kappa shape index (κ2) is 6.49. The molecular weight excluding hydrogens is 285 g/mol. The lowest BCUT2D eigenvalue weighted by atomic mass is 9.88. The van der Waals surface area contributed by atoms with Crippen LogP contribution < -0.4 is 5.32 Å². The maximum atomic E-state index is 11.8. The van der Waals surface area contributed by atoms with Crippen LogP contribution >= 0.6 is 23.2 Å². The Bertz CT molecular complexity index is 465. The van der Waals surface area contributed by atoms with Gasteiger partial charge in [0.2, 0.25) is 0 Å². The van der Waals surface area contributed by atoms with E-state index in [2.05, 4.69) is 12.2 Å². The number of rotatable bonds is 2. The molecule has 1 aliphatic rings. The standard InChI is InChI=1S/C14H17Cl2NO2/c1-9-4-2-3-5-13(9)19-14(18)17-12-7-6-10(15)8-11(12)16/h6-9,13H,2-5H2,1H3,(H,17,18). The van der Waals surface area contributed by atoms with E-state index in [1.807, 2.05) is 0 Å². The molecule has 2 atom stereocenters. The summed E-state index contributed by atoms with van der Waals surface area (Å²) in [6.07, 6.45) is 3.92. The van der Waals surface area contributed by atoms with Crippen LogP contribution in [0.3, 0.4) is 0 Å². The minimum atomic E-state index is -0.456. The number of nitrogens with one attached hydrogen (secondary N) is 1. The third-order valence-corrected chi connectivity index (χ3v) is 4.01. The van der Waals surface area contributed by atoms with E-state index in [0.29, 0.717) is 21.7 Å². The Morgan fingerprint density at radius 2 is 2.05 bits per heavy atom. The molecule has 1 fully saturated rings. The van der Waals surface area contributed by atoms with Gasteiger partial charge in [-0.1, -0.05) is 36.5 Å². The molecule has 104 valence electrons. The molecule has 0 bridgehead atoms. The Balaban J connectivity index is 1.93. The number of hydrogen-bond donors (Lipinski definition) is 1. The third-order valence-electron chi connectivity index (χ3n) is 3.46. The van der Waals surface area contributed by atoms with Crippen LogP contribution in [0.5, 0.6) is 0 Å². The van der Waals surface area contributed by atoms with E-state index in [1.165, 1.54) is 6.42 Å². The summed E-state index contributed by atoms with van der Waals surface area (Å²) in [6.45, 7) is 2.12. The van der Waals surface area contributed by atoms with Crippen molar-refractivity contribution in [3.05, 3.63) is 28.2 Å². The first-order valence-electron chi connectivity index (χ1n) is 6.49. The predicted octanol–water partition coefficient (Wildman–Crippen LogP) is 5.12. The third kappa shape index (κ3) is 4.02. The summed E-state index contributed by atoms with van der Waals surface area (Å²) in [5, 5.41) is 3.59. The van der Waals surface area contributed by atoms with Crippen molar-refractivity contribution in [2.45, 2.75) is 38.7 Å². The lowest BCUT2D eigenvalue weighted by Crippen LogP contribution is -2.30. The van der Waals surface area contributed by atoms with E-state index < -0.39 is 6.09 Å². The molecule has 5 heteroatoms. The van der Waals surface area contributed by atoms with Crippen molar-refractivity contribution in [3.63, 3.8) is 0 Å². The van der Waals surface area contributed by atoms with Gasteiger partial charge < -0.3 is 4.74 Å². The summed E-state index contributed by atoms with van der Waals surface area (Å²) in [4.78, 5) is 11.8. The molecule has 2 unspecified atom stereocenters. The largest absolute Gasteiger partial charge is 0.446 e. The Morgan fingerprint density at radius 1 is 1.32 bits per heavy atom. The number of amides is 1. The zero-order valence-corrected chi connectivity index (χ0v) is 12.3. The number of carbonyl (C=O) groups excluding carboxylic acids is 1. The van der Waals surface area contributed by atoms with Gasteiger partial charge in [-0.3, -0.25) is 5.32 Å². The lowest BCUT2D eigenvalue weighted by molar-refractivity contribution is 0.0524. The molecule has 0 aliphatic heterocycles. The number of halogens is 2. The molecule has 1 N–H and O–H groups in total. The average Bonchev–Trinajstić information content (AvgIpc) is 2.36. The maximum absolute atomic E-state index is 11.8. The van der Waals surface area contributed by atoms with E-state index in [0.717, 1.165) is 19.3 Å². The fraction of sp³-hybridized carbons (Fsp3) is 0.500. The minimum Gasteiger partial charge on any atom is -0.446 e. The molecule has 1 amide bonds. The van der Waals surface area contributed by atoms with Crippen molar-refractivity contribution in [1.82, 2.24) is 0 Å². The highest BCUT2D eigenvalue weighted by atomic mass is 35.5. The van der Waals surface area contributed by atoms with Crippen LogP contribution in [0, 0.1) is 5.92 Å². The molecule has 1 saturated carbocycles. The fourth-order valence-corrected chi connectivity index (χ4v) is 2.78. The molecule has 0 spiro atoms. The molecule has 2 rings (SSSR count). The van der Waals surface area contributed by atoms with Crippen LogP contribution in [-0.4, -0.2) is 12.2 Å². The normalized spacial score (nSPS) is 22.9. The van der Waals surface area contributed by atoms with E-state index >= 15 is 0 Å². The van der Waals surface area contributed by atoms with Gasteiger partial charge in [0.05, 0.1) is 10.7 Å². The van der Waals surface area contributed by atoms with Gasteiger partial charge in [0.1, 0.15) is 6.10 Å². The van der Waals surface area contributed by atoms with Crippen LogP contribution in [-0.2, 0) is 4.74 Å². The van der Waals surface area contributed by atoms with Crippen molar-refractivity contribution in [2.24, 2.45) is 5.92 Å². The van der Waals surface area contributed by atoms with E-state index in [1.54, 1.807) is 18.2 Å². The van der Waals surface area contributed by atoms with Gasteiger partial charge in [0, 0.05) is 5.02 Å². The summed E-state index contributed by atoms with van der Waals surface area (Å²) < 4.78 is 5.45. The second-order valence-electron chi connectivity index (χ2n) is 4.95. The Labute approximate surface area is 123 Å². The topological polar surface area (TPSA) is 38.3 Å². The number of anilines is 1. The fourth-order valence-electron chi connectivity index (χ4n) is 2.33. The summed E-state index contributed by atoms with van der Waals surface area (Å²) in [5.74, 6) is 0.417. The van der Waals surface area contributed by atoms with Gasteiger partial charge in [-0.15, -0.1) is 0 Å². The zero-order chi connectivity index (χ0) is 13.8. The van der Waals surface area contributed by atoms with E-state index in [9.17, 15) is 4.79 Å².